The number of benzene rings is 4. The van der Waals surface area contributed by atoms with E-state index < -0.39 is 18.0 Å². The smallest absolute Gasteiger partial charge is 0.343 e. The van der Waals surface area contributed by atoms with Gasteiger partial charge in [0.15, 0.2) is 11.5 Å². The summed E-state index contributed by atoms with van der Waals surface area (Å²) in [4.78, 5) is 37.6. The maximum absolute atomic E-state index is 12.8. The van der Waals surface area contributed by atoms with Gasteiger partial charge in [0.2, 0.25) is 0 Å². The highest BCUT2D eigenvalue weighted by Gasteiger charge is 2.21. The van der Waals surface area contributed by atoms with E-state index in [1.165, 1.54) is 25.7 Å². The summed E-state index contributed by atoms with van der Waals surface area (Å²) in [7, 11) is 0. The molecule has 4 aromatic rings. The van der Waals surface area contributed by atoms with Crippen LogP contribution >= 0.6 is 0 Å². The molecule has 0 bridgehead atoms. The molecule has 1 atom stereocenters. The average molecular weight is 651 g/mol. The van der Waals surface area contributed by atoms with Crippen molar-refractivity contribution < 1.29 is 29.0 Å². The van der Waals surface area contributed by atoms with Crippen molar-refractivity contribution in [1.29, 1.82) is 0 Å². The number of unbranched alkanes of at least 4 members (excludes halogenated alkanes) is 5. The molecule has 0 aliphatic heterocycles. The number of aliphatic carboxylic acids is 1. The fourth-order valence-electron chi connectivity index (χ4n) is 5.32. The summed E-state index contributed by atoms with van der Waals surface area (Å²) in [5, 5.41) is 16.4. The molecule has 1 unspecified atom stereocenters. The Morgan fingerprint density at radius 3 is 2.15 bits per heavy atom. The third kappa shape index (κ3) is 11.6. The molecule has 0 aliphatic carbocycles. The number of carbonyl (C=O) groups excluding carboxylic acids is 2. The van der Waals surface area contributed by atoms with Gasteiger partial charge in [-0.2, -0.15) is 0 Å². The number of hydrogen-bond acceptors (Lipinski definition) is 7. The Bertz CT molecular complexity index is 1590. The zero-order valence-corrected chi connectivity index (χ0v) is 27.7. The van der Waals surface area contributed by atoms with E-state index >= 15 is 0 Å². The molecule has 0 amide bonds. The molecule has 0 saturated carbocycles. The van der Waals surface area contributed by atoms with Crippen molar-refractivity contribution in [3.05, 3.63) is 120 Å². The van der Waals surface area contributed by atoms with Gasteiger partial charge in [0, 0.05) is 30.6 Å². The second-order valence-corrected chi connectivity index (χ2v) is 11.8. The molecule has 48 heavy (non-hydrogen) atoms. The molecule has 0 fully saturated rings. The first-order valence-electron chi connectivity index (χ1n) is 16.9. The average Bonchev–Trinajstić information content (AvgIpc) is 3.11. The molecule has 0 aromatic heterocycles. The van der Waals surface area contributed by atoms with Crippen molar-refractivity contribution >= 4 is 29.1 Å². The van der Waals surface area contributed by atoms with Crippen LogP contribution in [0.15, 0.2) is 103 Å². The number of carboxylic acids is 1. The number of carboxylic acid groups (broad SMARTS) is 1. The zero-order chi connectivity index (χ0) is 34.0. The number of para-hydroxylation sites is 3. The van der Waals surface area contributed by atoms with Crippen LogP contribution in [-0.4, -0.2) is 42.0 Å². The van der Waals surface area contributed by atoms with Gasteiger partial charge in [0.05, 0.1) is 17.9 Å². The van der Waals surface area contributed by atoms with Crippen molar-refractivity contribution in [2.24, 2.45) is 0 Å². The predicted octanol–water partition coefficient (Wildman–Crippen LogP) is 8.83. The summed E-state index contributed by atoms with van der Waals surface area (Å²) in [5.74, 6) is -0.439. The highest BCUT2D eigenvalue weighted by molar-refractivity contribution is 6.01. The van der Waals surface area contributed by atoms with Crippen LogP contribution in [-0.2, 0) is 11.2 Å². The first-order valence-corrected chi connectivity index (χ1v) is 16.9. The molecule has 4 rings (SSSR count). The fraction of sp³-hybridized carbons (Fsp3) is 0.325. The Kier molecular flexibility index (Phi) is 14.5. The van der Waals surface area contributed by atoms with Crippen LogP contribution in [0.3, 0.4) is 0 Å². The molecule has 4 aromatic carbocycles. The van der Waals surface area contributed by atoms with Gasteiger partial charge in [-0.05, 0) is 66.9 Å². The number of hydrogen-bond donors (Lipinski definition) is 3. The summed E-state index contributed by atoms with van der Waals surface area (Å²) in [6.07, 6.45) is 8.45. The minimum absolute atomic E-state index is 0.181. The zero-order valence-electron chi connectivity index (χ0n) is 27.7. The van der Waals surface area contributed by atoms with Gasteiger partial charge in [-0.25, -0.2) is 9.59 Å². The second-order valence-electron chi connectivity index (χ2n) is 11.8. The monoisotopic (exact) mass is 650 g/mol. The third-order valence-electron chi connectivity index (χ3n) is 7.98. The van der Waals surface area contributed by atoms with Gasteiger partial charge in [0.1, 0.15) is 11.8 Å². The molecular formula is C40H46N2O6. The first kappa shape index (κ1) is 35.7. The highest BCUT2D eigenvalue weighted by atomic mass is 16.5. The van der Waals surface area contributed by atoms with Crippen molar-refractivity contribution in [1.82, 2.24) is 0 Å². The lowest BCUT2D eigenvalue weighted by atomic mass is 10.0. The Morgan fingerprint density at radius 1 is 0.729 bits per heavy atom. The first-order chi connectivity index (χ1) is 23.4. The summed E-state index contributed by atoms with van der Waals surface area (Å²) in [6, 6.07) is 29.5. The summed E-state index contributed by atoms with van der Waals surface area (Å²) in [6.45, 7) is 3.35. The molecule has 0 saturated heterocycles. The summed E-state index contributed by atoms with van der Waals surface area (Å²) < 4.78 is 11.5. The highest BCUT2D eigenvalue weighted by Crippen LogP contribution is 2.27. The molecule has 0 spiro atoms. The van der Waals surface area contributed by atoms with Gasteiger partial charge in [-0.3, -0.25) is 4.79 Å². The predicted molar refractivity (Wildman–Crippen MR) is 190 cm³/mol. The lowest BCUT2D eigenvalue weighted by molar-refractivity contribution is -0.137. The van der Waals surface area contributed by atoms with Crippen molar-refractivity contribution in [2.75, 3.05) is 23.8 Å². The van der Waals surface area contributed by atoms with E-state index in [4.69, 9.17) is 9.47 Å². The van der Waals surface area contributed by atoms with E-state index in [0.717, 1.165) is 36.1 Å². The minimum atomic E-state index is -1.03. The number of nitrogens with one attached hydrogen (secondary N) is 2. The van der Waals surface area contributed by atoms with Crippen LogP contribution < -0.4 is 20.1 Å². The molecule has 8 heteroatoms. The Morgan fingerprint density at radius 2 is 1.40 bits per heavy atom. The summed E-state index contributed by atoms with van der Waals surface area (Å²) in [5.41, 5.74) is 3.22. The van der Waals surface area contributed by atoms with Gasteiger partial charge < -0.3 is 25.2 Å². The van der Waals surface area contributed by atoms with E-state index in [0.29, 0.717) is 36.6 Å². The fourth-order valence-corrected chi connectivity index (χ4v) is 5.32. The number of esters is 1. The topological polar surface area (TPSA) is 114 Å². The lowest BCUT2D eigenvalue weighted by Gasteiger charge is -2.18. The molecule has 0 aliphatic rings. The Hall–Kier alpha value is -5.11. The number of ether oxygens (including phenoxy) is 2. The van der Waals surface area contributed by atoms with E-state index in [2.05, 4.69) is 17.6 Å². The third-order valence-corrected chi connectivity index (χ3v) is 7.98. The SMILES string of the molecule is CCCCCCCCC(=O)c1ccccc1NCCCOc1ccc(CC(Nc2ccccc2OC(=O)c2ccccc2)C(=O)O)cc1. The van der Waals surface area contributed by atoms with Gasteiger partial charge in [0.25, 0.3) is 0 Å². The lowest BCUT2D eigenvalue weighted by Crippen LogP contribution is -2.31. The molecule has 0 heterocycles. The Labute approximate surface area is 283 Å². The normalized spacial score (nSPS) is 11.4. The van der Waals surface area contributed by atoms with E-state index in [1.54, 1.807) is 48.5 Å². The molecular weight excluding hydrogens is 604 g/mol. The molecule has 8 nitrogen and oxygen atoms in total. The van der Waals surface area contributed by atoms with Crippen LogP contribution in [0.4, 0.5) is 11.4 Å². The van der Waals surface area contributed by atoms with E-state index in [-0.39, 0.29) is 18.0 Å². The quantitative estimate of drug-likeness (QED) is 0.0355. The number of carbonyl (C=O) groups is 3. The van der Waals surface area contributed by atoms with Crippen molar-refractivity contribution in [3.8, 4) is 11.5 Å². The molecule has 3 N–H and O–H groups in total. The minimum Gasteiger partial charge on any atom is -0.494 e. The number of Topliss-reactive ketones (excluding diaryl/α,β-unsaturated/α-hetero) is 1. The van der Waals surface area contributed by atoms with Gasteiger partial charge in [-0.1, -0.05) is 93.6 Å². The second kappa shape index (κ2) is 19.5. The van der Waals surface area contributed by atoms with Crippen LogP contribution in [0, 0.1) is 0 Å². The number of rotatable bonds is 21. The van der Waals surface area contributed by atoms with Crippen LogP contribution in [0.2, 0.25) is 0 Å². The standard InChI is InChI=1S/C40H46N2O6/c1-2-3-4-5-6-10-21-37(43)33-18-11-12-19-34(33)41-27-15-28-47-32-25-23-30(24-26-32)29-36(39(44)45)42-35-20-13-14-22-38(35)48-40(46)31-16-8-7-9-17-31/h7-9,11-14,16-20,22-26,36,41-42H,2-6,10,15,21,27-29H2,1H3,(H,44,45). The maximum atomic E-state index is 12.8. The van der Waals surface area contributed by atoms with Crippen LogP contribution in [0.1, 0.15) is 84.6 Å². The van der Waals surface area contributed by atoms with E-state index in [1.807, 2.05) is 54.6 Å². The number of ketones is 1. The maximum Gasteiger partial charge on any atom is 0.343 e. The van der Waals surface area contributed by atoms with Gasteiger partial charge in [-0.15, -0.1) is 0 Å². The van der Waals surface area contributed by atoms with E-state index in [9.17, 15) is 19.5 Å². The van der Waals surface area contributed by atoms with Crippen LogP contribution in [0.25, 0.3) is 0 Å². The molecule has 0 radical (unpaired) electrons. The molecule has 252 valence electrons. The Balaban J connectivity index is 1.22. The number of anilines is 2. The van der Waals surface area contributed by atoms with Crippen molar-refractivity contribution in [3.63, 3.8) is 0 Å². The largest absolute Gasteiger partial charge is 0.494 e. The van der Waals surface area contributed by atoms with Gasteiger partial charge >= 0.3 is 11.9 Å². The summed E-state index contributed by atoms with van der Waals surface area (Å²) >= 11 is 0. The van der Waals surface area contributed by atoms with Crippen LogP contribution in [0.5, 0.6) is 11.5 Å². The van der Waals surface area contributed by atoms with Crippen molar-refractivity contribution in [2.45, 2.75) is 70.8 Å².